The predicted molar refractivity (Wildman–Crippen MR) is 52.9 cm³/mol. The Bertz CT molecular complexity index is 274. The van der Waals surface area contributed by atoms with Gasteiger partial charge in [-0.1, -0.05) is 0 Å². The van der Waals surface area contributed by atoms with Crippen molar-refractivity contribution in [3.63, 3.8) is 0 Å². The van der Waals surface area contributed by atoms with Crippen LogP contribution in [-0.4, -0.2) is 37.7 Å². The second-order valence-electron chi connectivity index (χ2n) is 3.75. The van der Waals surface area contributed by atoms with Crippen LogP contribution in [0.4, 0.5) is 0 Å². The summed E-state index contributed by atoms with van der Waals surface area (Å²) in [6.07, 6.45) is 3.40. The summed E-state index contributed by atoms with van der Waals surface area (Å²) in [4.78, 5) is 2.23. The molecule has 2 heterocycles. The highest BCUT2D eigenvalue weighted by Crippen LogP contribution is 2.19. The Morgan fingerprint density at radius 2 is 2.50 bits per heavy atom. The second kappa shape index (κ2) is 4.13. The number of nitrogens with two attached hydrogens (primary N) is 1. The van der Waals surface area contributed by atoms with Gasteiger partial charge in [0.25, 0.3) is 0 Å². The molecule has 1 aliphatic heterocycles. The number of hydrogen-bond acceptors (Lipinski definition) is 4. The molecule has 1 aliphatic rings. The molecule has 2 unspecified atom stereocenters. The fourth-order valence-corrected chi connectivity index (χ4v) is 1.71. The van der Waals surface area contributed by atoms with Crippen molar-refractivity contribution in [3.8, 4) is 0 Å². The Hall–Kier alpha value is -0.840. The zero-order valence-corrected chi connectivity index (χ0v) is 8.35. The van der Waals surface area contributed by atoms with E-state index >= 15 is 0 Å². The Labute approximate surface area is 83.6 Å². The number of likely N-dealkylation sites (N-methyl/N-ethyl adjacent to an activating group) is 1. The zero-order valence-electron chi connectivity index (χ0n) is 8.35. The first-order chi connectivity index (χ1) is 6.77. The summed E-state index contributed by atoms with van der Waals surface area (Å²) >= 11 is 0. The molecule has 4 heteroatoms. The molecule has 1 saturated heterocycles. The van der Waals surface area contributed by atoms with Crippen molar-refractivity contribution in [2.45, 2.75) is 12.1 Å². The molecule has 0 amide bonds. The van der Waals surface area contributed by atoms with Crippen LogP contribution in [0.2, 0.25) is 0 Å². The summed E-state index contributed by atoms with van der Waals surface area (Å²) in [5.74, 6) is 0. The summed E-state index contributed by atoms with van der Waals surface area (Å²) in [6, 6.07) is 1.80. The minimum atomic E-state index is -0.0866. The topological polar surface area (TPSA) is 51.6 Å². The first-order valence-electron chi connectivity index (χ1n) is 4.85. The van der Waals surface area contributed by atoms with Gasteiger partial charge in [0.1, 0.15) is 0 Å². The van der Waals surface area contributed by atoms with Crippen molar-refractivity contribution in [3.05, 3.63) is 24.2 Å². The van der Waals surface area contributed by atoms with Crippen LogP contribution in [-0.2, 0) is 4.74 Å². The fourth-order valence-electron chi connectivity index (χ4n) is 1.71. The van der Waals surface area contributed by atoms with E-state index in [-0.39, 0.29) is 12.1 Å². The number of morpholine rings is 1. The van der Waals surface area contributed by atoms with Gasteiger partial charge in [0, 0.05) is 18.7 Å². The minimum absolute atomic E-state index is 0.0753. The van der Waals surface area contributed by atoms with Crippen molar-refractivity contribution in [1.82, 2.24) is 4.90 Å². The van der Waals surface area contributed by atoms with Gasteiger partial charge in [0.15, 0.2) is 0 Å². The number of hydrogen-bond donors (Lipinski definition) is 1. The van der Waals surface area contributed by atoms with Crippen molar-refractivity contribution >= 4 is 0 Å². The van der Waals surface area contributed by atoms with Crippen LogP contribution < -0.4 is 5.73 Å². The lowest BCUT2D eigenvalue weighted by Gasteiger charge is -2.33. The molecule has 1 aromatic heterocycles. The first kappa shape index (κ1) is 9.71. The average molecular weight is 196 g/mol. The molecule has 78 valence electrons. The van der Waals surface area contributed by atoms with Crippen molar-refractivity contribution < 1.29 is 9.15 Å². The predicted octanol–water partition coefficient (Wildman–Crippen LogP) is 0.610. The molecular weight excluding hydrogens is 180 g/mol. The van der Waals surface area contributed by atoms with E-state index in [1.807, 2.05) is 6.07 Å². The van der Waals surface area contributed by atoms with Crippen molar-refractivity contribution in [2.75, 3.05) is 26.7 Å². The SMILES string of the molecule is CN1CCOC(C(N)c2ccoc2)C1. The van der Waals surface area contributed by atoms with Gasteiger partial charge in [-0.05, 0) is 13.1 Å². The third kappa shape index (κ3) is 1.97. The van der Waals surface area contributed by atoms with Crippen LogP contribution in [0.5, 0.6) is 0 Å². The van der Waals surface area contributed by atoms with Crippen LogP contribution in [0.25, 0.3) is 0 Å². The molecule has 14 heavy (non-hydrogen) atoms. The average Bonchev–Trinajstić information content (AvgIpc) is 2.69. The van der Waals surface area contributed by atoms with Crippen LogP contribution >= 0.6 is 0 Å². The summed E-state index contributed by atoms with van der Waals surface area (Å²) < 4.78 is 10.6. The number of nitrogens with zero attached hydrogens (tertiary/aromatic N) is 1. The second-order valence-corrected chi connectivity index (χ2v) is 3.75. The maximum Gasteiger partial charge on any atom is 0.0951 e. The van der Waals surface area contributed by atoms with E-state index < -0.39 is 0 Å². The van der Waals surface area contributed by atoms with E-state index in [1.54, 1.807) is 12.5 Å². The van der Waals surface area contributed by atoms with Gasteiger partial charge < -0.3 is 19.8 Å². The summed E-state index contributed by atoms with van der Waals surface area (Å²) in [5.41, 5.74) is 7.07. The molecular formula is C10H16N2O2. The molecule has 0 saturated carbocycles. The van der Waals surface area contributed by atoms with Crippen LogP contribution in [0.3, 0.4) is 0 Å². The largest absolute Gasteiger partial charge is 0.472 e. The number of ether oxygens (including phenoxy) is 1. The lowest BCUT2D eigenvalue weighted by Crippen LogP contribution is -2.45. The van der Waals surface area contributed by atoms with E-state index in [0.717, 1.165) is 25.3 Å². The lowest BCUT2D eigenvalue weighted by molar-refractivity contribution is -0.0327. The number of furan rings is 1. The molecule has 0 radical (unpaired) electrons. The highest BCUT2D eigenvalue weighted by molar-refractivity contribution is 5.13. The van der Waals surface area contributed by atoms with E-state index in [2.05, 4.69) is 11.9 Å². The van der Waals surface area contributed by atoms with Crippen LogP contribution in [0.1, 0.15) is 11.6 Å². The third-order valence-corrected chi connectivity index (χ3v) is 2.63. The molecule has 0 aliphatic carbocycles. The maximum absolute atomic E-state index is 6.06. The Kier molecular flexibility index (Phi) is 2.86. The fraction of sp³-hybridized carbons (Fsp3) is 0.600. The maximum atomic E-state index is 6.06. The van der Waals surface area contributed by atoms with E-state index in [1.165, 1.54) is 0 Å². The van der Waals surface area contributed by atoms with Gasteiger partial charge in [-0.15, -0.1) is 0 Å². The molecule has 0 spiro atoms. The zero-order chi connectivity index (χ0) is 9.97. The van der Waals surface area contributed by atoms with Crippen LogP contribution in [0.15, 0.2) is 23.0 Å². The Balaban J connectivity index is 2.00. The van der Waals surface area contributed by atoms with Crippen molar-refractivity contribution in [1.29, 1.82) is 0 Å². The quantitative estimate of drug-likeness (QED) is 0.753. The van der Waals surface area contributed by atoms with Gasteiger partial charge >= 0.3 is 0 Å². The smallest absolute Gasteiger partial charge is 0.0951 e. The summed E-state index contributed by atoms with van der Waals surface area (Å²) in [7, 11) is 2.08. The summed E-state index contributed by atoms with van der Waals surface area (Å²) in [5, 5.41) is 0. The first-order valence-corrected chi connectivity index (χ1v) is 4.85. The normalized spacial score (nSPS) is 26.3. The molecule has 1 fully saturated rings. The van der Waals surface area contributed by atoms with Crippen molar-refractivity contribution in [2.24, 2.45) is 5.73 Å². The number of rotatable bonds is 2. The van der Waals surface area contributed by atoms with Crippen LogP contribution in [0, 0.1) is 0 Å². The van der Waals surface area contributed by atoms with Gasteiger partial charge in [-0.3, -0.25) is 0 Å². The third-order valence-electron chi connectivity index (χ3n) is 2.63. The molecule has 2 N–H and O–H groups in total. The van der Waals surface area contributed by atoms with Gasteiger partial charge in [0.05, 0.1) is 31.3 Å². The monoisotopic (exact) mass is 196 g/mol. The molecule has 1 aromatic rings. The standard InChI is InChI=1S/C10H16N2O2/c1-12-3-5-14-9(6-12)10(11)8-2-4-13-7-8/h2,4,7,9-10H,3,5-6,11H2,1H3. The highest BCUT2D eigenvalue weighted by atomic mass is 16.5. The molecule has 0 bridgehead atoms. The Morgan fingerprint density at radius 3 is 3.14 bits per heavy atom. The van der Waals surface area contributed by atoms with E-state index in [9.17, 15) is 0 Å². The molecule has 2 atom stereocenters. The minimum Gasteiger partial charge on any atom is -0.472 e. The molecule has 2 rings (SSSR count). The molecule has 4 nitrogen and oxygen atoms in total. The lowest BCUT2D eigenvalue weighted by atomic mass is 10.0. The van der Waals surface area contributed by atoms with E-state index in [0.29, 0.717) is 0 Å². The summed E-state index contributed by atoms with van der Waals surface area (Å²) in [6.45, 7) is 2.62. The Morgan fingerprint density at radius 1 is 1.64 bits per heavy atom. The highest BCUT2D eigenvalue weighted by Gasteiger charge is 2.25. The molecule has 0 aromatic carbocycles. The van der Waals surface area contributed by atoms with Gasteiger partial charge in [-0.2, -0.15) is 0 Å². The van der Waals surface area contributed by atoms with Gasteiger partial charge in [0.2, 0.25) is 0 Å². The van der Waals surface area contributed by atoms with E-state index in [4.69, 9.17) is 14.9 Å². The van der Waals surface area contributed by atoms with Gasteiger partial charge in [-0.25, -0.2) is 0 Å².